The van der Waals surface area contributed by atoms with Crippen LogP contribution in [0.2, 0.25) is 0 Å². The van der Waals surface area contributed by atoms with Gasteiger partial charge in [0, 0.05) is 13.2 Å². The van der Waals surface area contributed by atoms with Crippen molar-refractivity contribution in [2.24, 2.45) is 0 Å². The topological polar surface area (TPSA) is 94.5 Å². The molecule has 0 saturated carbocycles. The summed E-state index contributed by atoms with van der Waals surface area (Å²) in [7, 11) is 3.02. The molecule has 7 heteroatoms. The molecule has 0 saturated heterocycles. The maximum atomic E-state index is 11.1. The highest BCUT2D eigenvalue weighted by Crippen LogP contribution is 2.25. The molecule has 0 spiro atoms. The van der Waals surface area contributed by atoms with Gasteiger partial charge in [-0.3, -0.25) is 0 Å². The number of aromatic carboxylic acids is 1. The zero-order valence-electron chi connectivity index (χ0n) is 12.1. The molecule has 1 unspecified atom stereocenters. The number of carboxylic acids is 1. The van der Waals surface area contributed by atoms with Gasteiger partial charge in [0.15, 0.2) is 0 Å². The van der Waals surface area contributed by atoms with Crippen LogP contribution in [0.3, 0.4) is 0 Å². The lowest BCUT2D eigenvalue weighted by atomic mass is 10.2. The Morgan fingerprint density at radius 2 is 2.00 bits per heavy atom. The molecular formula is C14H20O7. The molecular weight excluding hydrogens is 280 g/mol. The van der Waals surface area contributed by atoms with E-state index in [0.29, 0.717) is 19.0 Å². The number of hydrogen-bond acceptors (Lipinski definition) is 6. The van der Waals surface area contributed by atoms with Crippen molar-refractivity contribution in [3.05, 3.63) is 23.8 Å². The SMILES string of the molecule is COCCOCC(O)COc1cc(OC)ccc1C(=O)O. The van der Waals surface area contributed by atoms with Crippen molar-refractivity contribution in [3.8, 4) is 11.5 Å². The quantitative estimate of drug-likeness (QED) is 0.617. The molecule has 21 heavy (non-hydrogen) atoms. The Balaban J connectivity index is 2.54. The predicted molar refractivity (Wildman–Crippen MR) is 74.2 cm³/mol. The molecule has 0 aliphatic heterocycles. The van der Waals surface area contributed by atoms with Gasteiger partial charge in [0.05, 0.1) is 26.9 Å². The number of aliphatic hydroxyl groups excluding tert-OH is 1. The number of carboxylic acid groups (broad SMARTS) is 1. The van der Waals surface area contributed by atoms with E-state index >= 15 is 0 Å². The van der Waals surface area contributed by atoms with E-state index in [1.807, 2.05) is 0 Å². The van der Waals surface area contributed by atoms with Crippen molar-refractivity contribution in [2.45, 2.75) is 6.10 Å². The monoisotopic (exact) mass is 300 g/mol. The Morgan fingerprint density at radius 3 is 2.62 bits per heavy atom. The fourth-order valence-electron chi connectivity index (χ4n) is 1.52. The molecule has 1 rings (SSSR count). The van der Waals surface area contributed by atoms with E-state index in [1.165, 1.54) is 25.3 Å². The number of benzene rings is 1. The zero-order valence-corrected chi connectivity index (χ0v) is 12.1. The normalized spacial score (nSPS) is 12.0. The summed E-state index contributed by atoms with van der Waals surface area (Å²) in [6.07, 6.45) is -0.866. The molecule has 0 amide bonds. The van der Waals surface area contributed by atoms with Crippen molar-refractivity contribution in [3.63, 3.8) is 0 Å². The van der Waals surface area contributed by atoms with Crippen molar-refractivity contribution in [1.29, 1.82) is 0 Å². The van der Waals surface area contributed by atoms with Crippen LogP contribution >= 0.6 is 0 Å². The lowest BCUT2D eigenvalue weighted by Crippen LogP contribution is -2.24. The molecule has 0 aromatic heterocycles. The molecule has 0 radical (unpaired) electrons. The first kappa shape index (κ1) is 17.2. The number of aliphatic hydroxyl groups is 1. The fraction of sp³-hybridized carbons (Fsp3) is 0.500. The van der Waals surface area contributed by atoms with Crippen molar-refractivity contribution < 1.29 is 34.0 Å². The van der Waals surface area contributed by atoms with Gasteiger partial charge in [-0.25, -0.2) is 4.79 Å². The van der Waals surface area contributed by atoms with E-state index in [2.05, 4.69) is 0 Å². The highest BCUT2D eigenvalue weighted by molar-refractivity contribution is 5.91. The minimum Gasteiger partial charge on any atom is -0.497 e. The molecule has 0 aliphatic rings. The van der Waals surface area contributed by atoms with Gasteiger partial charge in [-0.05, 0) is 12.1 Å². The molecule has 1 atom stereocenters. The molecule has 7 nitrogen and oxygen atoms in total. The molecule has 1 aromatic carbocycles. The molecule has 0 aliphatic carbocycles. The summed E-state index contributed by atoms with van der Waals surface area (Å²) in [4.78, 5) is 11.1. The summed E-state index contributed by atoms with van der Waals surface area (Å²) >= 11 is 0. The third kappa shape index (κ3) is 5.99. The first-order chi connectivity index (χ1) is 10.1. The van der Waals surface area contributed by atoms with Gasteiger partial charge >= 0.3 is 5.97 Å². The highest BCUT2D eigenvalue weighted by atomic mass is 16.5. The number of rotatable bonds is 10. The second-order valence-electron chi connectivity index (χ2n) is 4.20. The number of hydrogen-bond donors (Lipinski definition) is 2. The first-order valence-corrected chi connectivity index (χ1v) is 6.37. The Kier molecular flexibility index (Phi) is 7.52. The summed E-state index contributed by atoms with van der Waals surface area (Å²) in [5.74, 6) is -0.503. The van der Waals surface area contributed by atoms with Crippen LogP contribution in [0.15, 0.2) is 18.2 Å². The van der Waals surface area contributed by atoms with E-state index in [1.54, 1.807) is 7.11 Å². The summed E-state index contributed by atoms with van der Waals surface area (Å²) in [5, 5.41) is 18.8. The largest absolute Gasteiger partial charge is 0.497 e. The highest BCUT2D eigenvalue weighted by Gasteiger charge is 2.14. The van der Waals surface area contributed by atoms with Crippen LogP contribution in [-0.2, 0) is 9.47 Å². The third-order valence-electron chi connectivity index (χ3n) is 2.59. The van der Waals surface area contributed by atoms with Gasteiger partial charge < -0.3 is 29.2 Å². The summed E-state index contributed by atoms with van der Waals surface area (Å²) in [6.45, 7) is 0.801. The van der Waals surface area contributed by atoms with Gasteiger partial charge in [-0.2, -0.15) is 0 Å². The van der Waals surface area contributed by atoms with E-state index in [4.69, 9.17) is 24.1 Å². The van der Waals surface area contributed by atoms with Gasteiger partial charge in [0.25, 0.3) is 0 Å². The van der Waals surface area contributed by atoms with Crippen molar-refractivity contribution in [1.82, 2.24) is 0 Å². The zero-order chi connectivity index (χ0) is 15.7. The predicted octanol–water partition coefficient (Wildman–Crippen LogP) is 0.796. The maximum absolute atomic E-state index is 11.1. The first-order valence-electron chi connectivity index (χ1n) is 6.37. The van der Waals surface area contributed by atoms with Crippen LogP contribution in [0.25, 0.3) is 0 Å². The van der Waals surface area contributed by atoms with Crippen LogP contribution in [0.5, 0.6) is 11.5 Å². The summed E-state index contributed by atoms with van der Waals surface area (Å²) in [6, 6.07) is 4.38. The third-order valence-corrected chi connectivity index (χ3v) is 2.59. The van der Waals surface area contributed by atoms with Crippen LogP contribution in [0.4, 0.5) is 0 Å². The Labute approximate surface area is 123 Å². The van der Waals surface area contributed by atoms with Gasteiger partial charge in [0.2, 0.25) is 0 Å². The molecule has 0 heterocycles. The lowest BCUT2D eigenvalue weighted by Gasteiger charge is -2.14. The minimum atomic E-state index is -1.11. The van der Waals surface area contributed by atoms with E-state index in [0.717, 1.165) is 0 Å². The molecule has 0 fully saturated rings. The lowest BCUT2D eigenvalue weighted by molar-refractivity contribution is -0.00441. The second-order valence-corrected chi connectivity index (χ2v) is 4.20. The second kappa shape index (κ2) is 9.17. The van der Waals surface area contributed by atoms with Crippen molar-refractivity contribution in [2.75, 3.05) is 40.6 Å². The molecule has 0 bridgehead atoms. The Bertz CT molecular complexity index is 447. The molecule has 118 valence electrons. The summed E-state index contributed by atoms with van der Waals surface area (Å²) < 4.78 is 20.3. The summed E-state index contributed by atoms with van der Waals surface area (Å²) in [5.41, 5.74) is 0.00306. The average Bonchev–Trinajstić information content (AvgIpc) is 2.49. The van der Waals surface area contributed by atoms with Crippen molar-refractivity contribution >= 4 is 5.97 Å². The van der Waals surface area contributed by atoms with E-state index in [-0.39, 0.29) is 24.5 Å². The Morgan fingerprint density at radius 1 is 1.24 bits per heavy atom. The van der Waals surface area contributed by atoms with Gasteiger partial charge in [0.1, 0.15) is 29.8 Å². The van der Waals surface area contributed by atoms with Crippen LogP contribution in [0, 0.1) is 0 Å². The molecule has 2 N–H and O–H groups in total. The van der Waals surface area contributed by atoms with Crippen LogP contribution in [-0.4, -0.2) is 62.9 Å². The van der Waals surface area contributed by atoms with E-state index < -0.39 is 12.1 Å². The number of ether oxygens (including phenoxy) is 4. The van der Waals surface area contributed by atoms with E-state index in [9.17, 15) is 9.90 Å². The standard InChI is InChI=1S/C14H20O7/c1-18-5-6-20-8-10(15)9-21-13-7-11(19-2)3-4-12(13)14(16)17/h3-4,7,10,15H,5-6,8-9H2,1-2H3,(H,16,17). The average molecular weight is 300 g/mol. The fourth-order valence-corrected chi connectivity index (χ4v) is 1.52. The number of methoxy groups -OCH3 is 2. The van der Waals surface area contributed by atoms with Gasteiger partial charge in [-0.1, -0.05) is 0 Å². The minimum absolute atomic E-state index is 0.00306. The Hall–Kier alpha value is -1.83. The molecule has 1 aromatic rings. The van der Waals surface area contributed by atoms with Gasteiger partial charge in [-0.15, -0.1) is 0 Å². The smallest absolute Gasteiger partial charge is 0.339 e. The maximum Gasteiger partial charge on any atom is 0.339 e. The van der Waals surface area contributed by atoms with Crippen LogP contribution in [0.1, 0.15) is 10.4 Å². The number of carbonyl (C=O) groups is 1. The van der Waals surface area contributed by atoms with Crippen LogP contribution < -0.4 is 9.47 Å².